The normalized spacial score (nSPS) is 11.3. The molecule has 37 heavy (non-hydrogen) atoms. The van der Waals surface area contributed by atoms with Crippen LogP contribution in [0.2, 0.25) is 0 Å². The number of carbonyl (C=O) groups excluding carboxylic acids is 2. The van der Waals surface area contributed by atoms with Crippen molar-refractivity contribution in [1.82, 2.24) is 14.8 Å². The Morgan fingerprint density at radius 1 is 0.838 bits per heavy atom. The summed E-state index contributed by atoms with van der Waals surface area (Å²) in [7, 11) is 0. The van der Waals surface area contributed by atoms with Crippen molar-refractivity contribution in [3.8, 4) is 17.1 Å². The van der Waals surface area contributed by atoms with Crippen LogP contribution in [0.4, 0.5) is 11.4 Å². The smallest absolute Gasteiger partial charge is 0.234 e. The predicted octanol–water partition coefficient (Wildman–Crippen LogP) is 6.23. The lowest BCUT2D eigenvalue weighted by molar-refractivity contribution is -0.114. The molecule has 1 heterocycles. The second-order valence-electron chi connectivity index (χ2n) is 9.90. The summed E-state index contributed by atoms with van der Waals surface area (Å²) in [5.41, 5.74) is 5.68. The highest BCUT2D eigenvalue weighted by molar-refractivity contribution is 7.99. The summed E-state index contributed by atoms with van der Waals surface area (Å²) in [5.74, 6) is 0.586. The van der Waals surface area contributed by atoms with E-state index in [0.717, 1.165) is 22.6 Å². The number of rotatable bonds is 7. The highest BCUT2D eigenvalue weighted by atomic mass is 32.2. The summed E-state index contributed by atoms with van der Waals surface area (Å²) < 4.78 is 1.99. The maximum absolute atomic E-state index is 12.7. The molecule has 0 spiro atoms. The van der Waals surface area contributed by atoms with Gasteiger partial charge in [-0.25, -0.2) is 0 Å². The second-order valence-corrected chi connectivity index (χ2v) is 10.8. The van der Waals surface area contributed by atoms with Crippen LogP contribution in [0.1, 0.15) is 38.8 Å². The Bertz CT molecular complexity index is 1390. The molecule has 0 saturated carbocycles. The van der Waals surface area contributed by atoms with E-state index in [9.17, 15) is 9.59 Å². The van der Waals surface area contributed by atoms with Gasteiger partial charge >= 0.3 is 0 Å². The average Bonchev–Trinajstić information content (AvgIpc) is 3.28. The number of thioether (sulfide) groups is 1. The van der Waals surface area contributed by atoms with Crippen LogP contribution in [0.15, 0.2) is 78.0 Å². The van der Waals surface area contributed by atoms with Gasteiger partial charge < -0.3 is 10.6 Å². The SMILES string of the molecule is CC(=O)Nc1ccc(NC(=O)CSc2nnc(-c3ccc(C(C)(C)C)cc3)n2-c2ccc(C)cc2)cc1. The zero-order valence-corrected chi connectivity index (χ0v) is 22.5. The van der Waals surface area contributed by atoms with Crippen LogP contribution < -0.4 is 10.6 Å². The molecule has 0 atom stereocenters. The molecule has 2 N–H and O–H groups in total. The van der Waals surface area contributed by atoms with E-state index >= 15 is 0 Å². The van der Waals surface area contributed by atoms with E-state index in [4.69, 9.17) is 0 Å². The molecule has 8 heteroatoms. The highest BCUT2D eigenvalue weighted by Gasteiger charge is 2.19. The second kappa shape index (κ2) is 11.0. The summed E-state index contributed by atoms with van der Waals surface area (Å²) in [6.45, 7) is 10.1. The lowest BCUT2D eigenvalue weighted by Crippen LogP contribution is -2.14. The highest BCUT2D eigenvalue weighted by Crippen LogP contribution is 2.30. The number of aryl methyl sites for hydroxylation is 1. The van der Waals surface area contributed by atoms with Gasteiger partial charge in [0, 0.05) is 29.5 Å². The molecule has 3 aromatic carbocycles. The molecule has 0 bridgehead atoms. The van der Waals surface area contributed by atoms with Gasteiger partial charge in [-0.3, -0.25) is 14.2 Å². The van der Waals surface area contributed by atoms with Crippen molar-refractivity contribution >= 4 is 35.0 Å². The first kappa shape index (κ1) is 26.2. The van der Waals surface area contributed by atoms with Crippen LogP contribution in [0.3, 0.4) is 0 Å². The fraction of sp³-hybridized carbons (Fsp3) is 0.241. The van der Waals surface area contributed by atoms with Crippen molar-refractivity contribution in [2.45, 2.75) is 45.2 Å². The molecule has 0 fully saturated rings. The molecule has 0 aliphatic rings. The van der Waals surface area contributed by atoms with Crippen LogP contribution in [0.25, 0.3) is 17.1 Å². The van der Waals surface area contributed by atoms with E-state index in [0.29, 0.717) is 16.5 Å². The van der Waals surface area contributed by atoms with Crippen LogP contribution in [0, 0.1) is 6.92 Å². The molecule has 0 aliphatic carbocycles. The van der Waals surface area contributed by atoms with Crippen LogP contribution in [0.5, 0.6) is 0 Å². The Morgan fingerprint density at radius 2 is 1.43 bits per heavy atom. The van der Waals surface area contributed by atoms with Crippen LogP contribution in [-0.4, -0.2) is 32.3 Å². The number of nitrogens with zero attached hydrogens (tertiary/aromatic N) is 3. The fourth-order valence-corrected chi connectivity index (χ4v) is 4.52. The fourth-order valence-electron chi connectivity index (χ4n) is 3.76. The molecule has 0 aliphatic heterocycles. The van der Waals surface area contributed by atoms with Gasteiger partial charge in [-0.1, -0.05) is 74.5 Å². The lowest BCUT2D eigenvalue weighted by atomic mass is 9.87. The van der Waals surface area contributed by atoms with Crippen molar-refractivity contribution in [1.29, 1.82) is 0 Å². The minimum absolute atomic E-state index is 0.0573. The van der Waals surface area contributed by atoms with Gasteiger partial charge in [0.15, 0.2) is 11.0 Å². The third-order valence-electron chi connectivity index (χ3n) is 5.76. The van der Waals surface area contributed by atoms with E-state index in [1.54, 1.807) is 24.3 Å². The third kappa shape index (κ3) is 6.65. The number of hydrogen-bond donors (Lipinski definition) is 2. The van der Waals surface area contributed by atoms with E-state index < -0.39 is 0 Å². The van der Waals surface area contributed by atoms with E-state index in [-0.39, 0.29) is 23.0 Å². The van der Waals surface area contributed by atoms with E-state index in [1.165, 1.54) is 24.2 Å². The molecule has 0 radical (unpaired) electrons. The van der Waals surface area contributed by atoms with E-state index in [1.807, 2.05) is 35.8 Å². The zero-order chi connectivity index (χ0) is 26.6. The van der Waals surface area contributed by atoms with Crippen molar-refractivity contribution in [3.05, 3.63) is 83.9 Å². The van der Waals surface area contributed by atoms with Gasteiger partial charge in [-0.15, -0.1) is 10.2 Å². The first-order chi connectivity index (χ1) is 17.6. The number of anilines is 2. The first-order valence-corrected chi connectivity index (χ1v) is 13.0. The molecular formula is C29H31N5O2S. The molecule has 4 rings (SSSR count). The molecule has 2 amide bonds. The van der Waals surface area contributed by atoms with Gasteiger partial charge in [0.1, 0.15) is 0 Å². The molecule has 0 saturated heterocycles. The minimum Gasteiger partial charge on any atom is -0.326 e. The van der Waals surface area contributed by atoms with Gasteiger partial charge in [-0.05, 0) is 54.3 Å². The minimum atomic E-state index is -0.160. The maximum Gasteiger partial charge on any atom is 0.234 e. The van der Waals surface area contributed by atoms with Crippen molar-refractivity contribution in [2.75, 3.05) is 16.4 Å². The molecule has 0 unspecified atom stereocenters. The van der Waals surface area contributed by atoms with Gasteiger partial charge in [0.25, 0.3) is 0 Å². The summed E-state index contributed by atoms with van der Waals surface area (Å²) in [5, 5.41) is 15.2. The standard InChI is InChI=1S/C29H31N5O2S/c1-19-6-16-25(17-7-19)34-27(21-8-10-22(11-9-21)29(3,4)5)32-33-28(34)37-18-26(36)31-24-14-12-23(13-15-24)30-20(2)35/h6-17H,18H2,1-5H3,(H,30,35)(H,31,36). The van der Waals surface area contributed by atoms with Gasteiger partial charge in [0.2, 0.25) is 11.8 Å². The zero-order valence-electron chi connectivity index (χ0n) is 21.7. The molecule has 7 nitrogen and oxygen atoms in total. The van der Waals surface area contributed by atoms with Gasteiger partial charge in [0.05, 0.1) is 5.75 Å². The summed E-state index contributed by atoms with van der Waals surface area (Å²) in [6, 6.07) is 23.6. The Balaban J connectivity index is 1.54. The van der Waals surface area contributed by atoms with Gasteiger partial charge in [-0.2, -0.15) is 0 Å². The summed E-state index contributed by atoms with van der Waals surface area (Å²) in [4.78, 5) is 23.9. The Labute approximate surface area is 221 Å². The third-order valence-corrected chi connectivity index (χ3v) is 6.68. The van der Waals surface area contributed by atoms with Crippen LogP contribution >= 0.6 is 11.8 Å². The molecular weight excluding hydrogens is 482 g/mol. The molecule has 1 aromatic heterocycles. The van der Waals surface area contributed by atoms with Crippen LogP contribution in [-0.2, 0) is 15.0 Å². The number of carbonyl (C=O) groups is 2. The number of aromatic nitrogens is 3. The summed E-state index contributed by atoms with van der Waals surface area (Å²) in [6.07, 6.45) is 0. The largest absolute Gasteiger partial charge is 0.326 e. The number of benzene rings is 3. The topological polar surface area (TPSA) is 88.9 Å². The Morgan fingerprint density at radius 3 is 2.00 bits per heavy atom. The van der Waals surface area contributed by atoms with Crippen molar-refractivity contribution < 1.29 is 9.59 Å². The number of nitrogens with one attached hydrogen (secondary N) is 2. The average molecular weight is 514 g/mol. The number of amides is 2. The molecule has 4 aromatic rings. The Hall–Kier alpha value is -3.91. The lowest BCUT2D eigenvalue weighted by Gasteiger charge is -2.19. The quantitative estimate of drug-likeness (QED) is 0.286. The maximum atomic E-state index is 12.7. The Kier molecular flexibility index (Phi) is 7.78. The first-order valence-electron chi connectivity index (χ1n) is 12.0. The predicted molar refractivity (Wildman–Crippen MR) is 150 cm³/mol. The number of hydrogen-bond acceptors (Lipinski definition) is 5. The van der Waals surface area contributed by atoms with Crippen molar-refractivity contribution in [2.24, 2.45) is 0 Å². The summed E-state index contributed by atoms with van der Waals surface area (Å²) >= 11 is 1.33. The van der Waals surface area contributed by atoms with E-state index in [2.05, 4.69) is 65.9 Å². The monoisotopic (exact) mass is 513 g/mol. The molecule has 190 valence electrons. The van der Waals surface area contributed by atoms with Crippen molar-refractivity contribution in [3.63, 3.8) is 0 Å².